The molecule has 0 fully saturated rings. The van der Waals surface area contributed by atoms with Gasteiger partial charge in [0.05, 0.1) is 21.5 Å². The van der Waals surface area contributed by atoms with Crippen LogP contribution < -0.4 is 9.80 Å². The summed E-state index contributed by atoms with van der Waals surface area (Å²) in [6, 6.07) is 72.3. The number of benzene rings is 9. The maximum Gasteiger partial charge on any atom is 0.0899 e. The summed E-state index contributed by atoms with van der Waals surface area (Å²) < 4.78 is 5.15. The van der Waals surface area contributed by atoms with E-state index in [1.165, 1.54) is 119 Å². The van der Waals surface area contributed by atoms with Crippen molar-refractivity contribution in [1.29, 1.82) is 0 Å². The molecule has 69 heavy (non-hydrogen) atoms. The van der Waals surface area contributed by atoms with Crippen LogP contribution in [0.15, 0.2) is 200 Å². The first kappa shape index (κ1) is 40.3. The fraction of sp³-hybridized carbons (Fsp3) is 0.0781. The molecule has 0 saturated heterocycles. The maximum atomic E-state index is 5.47. The lowest BCUT2D eigenvalue weighted by molar-refractivity contribution is 0.761. The lowest BCUT2D eigenvalue weighted by atomic mass is 9.72. The summed E-state index contributed by atoms with van der Waals surface area (Å²) in [5, 5.41) is 5.14. The second-order valence-electron chi connectivity index (χ2n) is 18.7. The molecule has 3 nitrogen and oxygen atoms in total. The minimum atomic E-state index is -0.670. The van der Waals surface area contributed by atoms with Crippen molar-refractivity contribution in [3.63, 3.8) is 0 Å². The molecule has 0 N–H and O–H groups in total. The normalized spacial score (nSPS) is 14.4. The van der Waals surface area contributed by atoms with Gasteiger partial charge < -0.3 is 9.80 Å². The third kappa shape index (κ3) is 5.57. The molecule has 3 heterocycles. The average molecular weight is 920 g/mol. The molecule has 0 radical (unpaired) electrons. The zero-order valence-corrected chi connectivity index (χ0v) is 40.3. The van der Waals surface area contributed by atoms with E-state index in [0.29, 0.717) is 0 Å². The van der Waals surface area contributed by atoms with E-state index in [1.807, 2.05) is 28.9 Å². The van der Waals surface area contributed by atoms with Crippen LogP contribution in [0.25, 0.3) is 62.6 Å². The number of para-hydroxylation sites is 2. The van der Waals surface area contributed by atoms with Crippen molar-refractivity contribution >= 4 is 97.1 Å². The van der Waals surface area contributed by atoms with E-state index in [2.05, 4.69) is 232 Å². The van der Waals surface area contributed by atoms with Gasteiger partial charge in [-0.3, -0.25) is 4.98 Å². The zero-order chi connectivity index (χ0) is 46.1. The van der Waals surface area contributed by atoms with E-state index in [-0.39, 0.29) is 0 Å². The summed E-state index contributed by atoms with van der Waals surface area (Å²) in [4.78, 5) is 10.4. The van der Waals surface area contributed by atoms with Crippen LogP contribution in [0.4, 0.5) is 34.1 Å². The van der Waals surface area contributed by atoms with Gasteiger partial charge in [0.1, 0.15) is 0 Å². The minimum absolute atomic E-state index is 0.670. The largest absolute Gasteiger partial charge is 0.310 e. The van der Waals surface area contributed by atoms with Crippen molar-refractivity contribution in [3.05, 3.63) is 245 Å². The number of anilines is 6. The maximum absolute atomic E-state index is 5.47. The Bertz CT molecular complexity index is 4040. The number of thiophene rings is 2. The van der Waals surface area contributed by atoms with Crippen molar-refractivity contribution in [1.82, 2.24) is 4.98 Å². The standard InChI is InChI=1S/C64H45N3S2/c1-38-18-15-28-53(40(38)3)66(42-20-7-5-8-21-42)44-31-34-57-49(36-44)46-32-33-51-60(61(46)68-57)59-52(64(51)50-27-13-11-24-45(50)47-26-17-35-65-63(47)64)37-55(62-58(59)48-25-12-14-30-56(48)69-62)67(43-22-9-6-10-23-43)54-29-16-19-39(2)41(54)4/h5-37H,1-4H3. The lowest BCUT2D eigenvalue weighted by Crippen LogP contribution is -2.27. The Labute approximate surface area is 409 Å². The van der Waals surface area contributed by atoms with Gasteiger partial charge in [-0.25, -0.2) is 0 Å². The van der Waals surface area contributed by atoms with Gasteiger partial charge in [-0.15, -0.1) is 22.7 Å². The number of aryl methyl sites for hydroxylation is 2. The highest BCUT2D eigenvalue weighted by atomic mass is 32.1. The van der Waals surface area contributed by atoms with Crippen LogP contribution in [0.3, 0.4) is 0 Å². The molecule has 0 amide bonds. The zero-order valence-electron chi connectivity index (χ0n) is 38.7. The molecule has 9 aromatic carbocycles. The second kappa shape index (κ2) is 15.1. The van der Waals surface area contributed by atoms with Gasteiger partial charge in [-0.2, -0.15) is 0 Å². The number of hydrogen-bond acceptors (Lipinski definition) is 5. The summed E-state index contributed by atoms with van der Waals surface area (Å²) in [5.41, 5.74) is 21.5. The van der Waals surface area contributed by atoms with Gasteiger partial charge in [0, 0.05) is 81.4 Å². The highest BCUT2D eigenvalue weighted by molar-refractivity contribution is 7.27. The summed E-state index contributed by atoms with van der Waals surface area (Å²) in [6.45, 7) is 8.95. The number of fused-ring (bicyclic) bond motifs is 18. The Morgan fingerprint density at radius 3 is 1.81 bits per heavy atom. The third-order valence-electron chi connectivity index (χ3n) is 15.3. The van der Waals surface area contributed by atoms with Gasteiger partial charge in [0.15, 0.2) is 0 Å². The topological polar surface area (TPSA) is 19.4 Å². The van der Waals surface area contributed by atoms with E-state index >= 15 is 0 Å². The van der Waals surface area contributed by atoms with Gasteiger partial charge in [-0.05, 0) is 151 Å². The first-order chi connectivity index (χ1) is 33.9. The van der Waals surface area contributed by atoms with Crippen molar-refractivity contribution in [2.24, 2.45) is 0 Å². The van der Waals surface area contributed by atoms with Crippen LogP contribution in [0.5, 0.6) is 0 Å². The molecule has 328 valence electrons. The van der Waals surface area contributed by atoms with Gasteiger partial charge >= 0.3 is 0 Å². The Kier molecular flexibility index (Phi) is 8.80. The first-order valence-corrected chi connectivity index (χ1v) is 25.4. The molecule has 3 aromatic heterocycles. The fourth-order valence-electron chi connectivity index (χ4n) is 11.9. The molecule has 2 aliphatic carbocycles. The first-order valence-electron chi connectivity index (χ1n) is 23.8. The highest BCUT2D eigenvalue weighted by Gasteiger charge is 2.54. The second-order valence-corrected chi connectivity index (χ2v) is 20.8. The molecular formula is C64H45N3S2. The van der Waals surface area contributed by atoms with Gasteiger partial charge in [0.25, 0.3) is 0 Å². The predicted molar refractivity (Wildman–Crippen MR) is 295 cm³/mol. The Morgan fingerprint density at radius 2 is 1.04 bits per heavy atom. The van der Waals surface area contributed by atoms with E-state index < -0.39 is 5.41 Å². The highest BCUT2D eigenvalue weighted by Crippen LogP contribution is 2.67. The summed E-state index contributed by atoms with van der Waals surface area (Å²) in [7, 11) is 0. The minimum Gasteiger partial charge on any atom is -0.310 e. The Hall–Kier alpha value is -7.83. The van der Waals surface area contributed by atoms with Crippen LogP contribution in [-0.2, 0) is 5.41 Å². The third-order valence-corrected chi connectivity index (χ3v) is 17.7. The lowest BCUT2D eigenvalue weighted by Gasteiger charge is -2.32. The SMILES string of the molecule is Cc1cccc(N(c2ccccc2)c2ccc3sc4c5c(ccc4c3c2)C2(c3ccccc3-c3cccnc32)c2cc(N(c3ccccc3)c3cccc(C)c3C)c3sc4ccccc4c3c2-5)c1C. The molecule has 12 aromatic rings. The monoisotopic (exact) mass is 919 g/mol. The fourth-order valence-corrected chi connectivity index (χ4v) is 14.3. The molecule has 1 unspecified atom stereocenters. The summed E-state index contributed by atoms with van der Waals surface area (Å²) >= 11 is 3.84. The summed E-state index contributed by atoms with van der Waals surface area (Å²) in [6.07, 6.45) is 2.00. The number of rotatable bonds is 6. The predicted octanol–water partition coefficient (Wildman–Crippen LogP) is 18.3. The van der Waals surface area contributed by atoms with Gasteiger partial charge in [-0.1, -0.05) is 121 Å². The smallest absolute Gasteiger partial charge is 0.0899 e. The van der Waals surface area contributed by atoms with Gasteiger partial charge in [0.2, 0.25) is 0 Å². The van der Waals surface area contributed by atoms with Crippen LogP contribution in [0.2, 0.25) is 0 Å². The Morgan fingerprint density at radius 1 is 0.406 bits per heavy atom. The number of nitrogens with zero attached hydrogens (tertiary/aromatic N) is 3. The number of pyridine rings is 1. The number of aromatic nitrogens is 1. The molecule has 14 rings (SSSR count). The van der Waals surface area contributed by atoms with Crippen molar-refractivity contribution in [2.75, 3.05) is 9.80 Å². The molecule has 5 heteroatoms. The Balaban J connectivity index is 1.13. The molecule has 1 spiro atoms. The molecule has 2 aliphatic rings. The van der Waals surface area contributed by atoms with Crippen LogP contribution in [0.1, 0.15) is 44.6 Å². The van der Waals surface area contributed by atoms with Crippen LogP contribution in [0, 0.1) is 27.7 Å². The average Bonchev–Trinajstić information content (AvgIpc) is 4.13. The molecule has 0 saturated carbocycles. The van der Waals surface area contributed by atoms with E-state index in [1.54, 1.807) is 0 Å². The van der Waals surface area contributed by atoms with Crippen molar-refractivity contribution in [3.8, 4) is 22.3 Å². The van der Waals surface area contributed by atoms with Crippen LogP contribution >= 0.6 is 22.7 Å². The van der Waals surface area contributed by atoms with Crippen molar-refractivity contribution in [2.45, 2.75) is 33.1 Å². The summed E-state index contributed by atoms with van der Waals surface area (Å²) in [5.74, 6) is 0. The molecular weight excluding hydrogens is 875 g/mol. The van der Waals surface area contributed by atoms with E-state index in [0.717, 1.165) is 22.8 Å². The number of hydrogen-bond donors (Lipinski definition) is 0. The molecule has 0 bridgehead atoms. The van der Waals surface area contributed by atoms with E-state index in [4.69, 9.17) is 4.98 Å². The molecule has 0 aliphatic heterocycles. The van der Waals surface area contributed by atoms with E-state index in [9.17, 15) is 0 Å². The quantitative estimate of drug-likeness (QED) is 0.166. The van der Waals surface area contributed by atoms with Crippen molar-refractivity contribution < 1.29 is 0 Å². The molecule has 1 atom stereocenters. The van der Waals surface area contributed by atoms with Crippen LogP contribution in [-0.4, -0.2) is 4.98 Å².